The van der Waals surface area contributed by atoms with E-state index in [0.29, 0.717) is 6.04 Å². The average Bonchev–Trinajstić information content (AvgIpc) is 3.00. The molecule has 0 amide bonds. The van der Waals surface area contributed by atoms with Crippen molar-refractivity contribution in [3.8, 4) is 5.75 Å². The molecule has 5 heteroatoms. The fourth-order valence-electron chi connectivity index (χ4n) is 2.83. The first kappa shape index (κ1) is 13.1. The summed E-state index contributed by atoms with van der Waals surface area (Å²) >= 11 is 0. The van der Waals surface area contributed by atoms with Crippen molar-refractivity contribution in [1.29, 1.82) is 0 Å². The van der Waals surface area contributed by atoms with Crippen molar-refractivity contribution < 1.29 is 4.74 Å². The topological polar surface area (TPSA) is 62.8 Å². The molecule has 5 nitrogen and oxygen atoms in total. The van der Waals surface area contributed by atoms with Gasteiger partial charge in [-0.05, 0) is 42.5 Å². The van der Waals surface area contributed by atoms with E-state index in [0.717, 1.165) is 24.5 Å². The second-order valence-corrected chi connectivity index (χ2v) is 5.15. The number of aromatic nitrogens is 3. The van der Waals surface area contributed by atoms with Crippen LogP contribution >= 0.6 is 0 Å². The molecule has 1 aliphatic rings. The van der Waals surface area contributed by atoms with E-state index >= 15 is 0 Å². The van der Waals surface area contributed by atoms with E-state index < -0.39 is 0 Å². The second-order valence-electron chi connectivity index (χ2n) is 5.15. The quantitative estimate of drug-likeness (QED) is 0.874. The summed E-state index contributed by atoms with van der Waals surface area (Å²) < 4.78 is 5.34. The Kier molecular flexibility index (Phi) is 3.97. The normalized spacial score (nSPS) is 17.8. The van der Waals surface area contributed by atoms with Crippen LogP contribution in [0.3, 0.4) is 0 Å². The summed E-state index contributed by atoms with van der Waals surface area (Å²) in [5.74, 6) is 1.87. The van der Waals surface area contributed by atoms with Crippen LogP contribution in [0.1, 0.15) is 35.8 Å². The third kappa shape index (κ3) is 2.82. The van der Waals surface area contributed by atoms with E-state index in [1.807, 2.05) is 0 Å². The van der Waals surface area contributed by atoms with Crippen LogP contribution in [0.5, 0.6) is 5.75 Å². The van der Waals surface area contributed by atoms with Crippen molar-refractivity contribution in [2.45, 2.75) is 31.7 Å². The molecule has 106 valence electrons. The largest absolute Gasteiger partial charge is 0.497 e. The number of rotatable bonds is 5. The zero-order chi connectivity index (χ0) is 13.8. The van der Waals surface area contributed by atoms with Gasteiger partial charge in [0.2, 0.25) is 0 Å². The average molecular weight is 272 g/mol. The molecule has 3 rings (SSSR count). The number of aryl methyl sites for hydroxylation is 1. The monoisotopic (exact) mass is 272 g/mol. The minimum absolute atomic E-state index is 0.414. The van der Waals surface area contributed by atoms with Crippen molar-refractivity contribution in [3.63, 3.8) is 0 Å². The Morgan fingerprint density at radius 3 is 3.20 bits per heavy atom. The first-order valence-electron chi connectivity index (χ1n) is 7.11. The SMILES string of the molecule is COc1ccc2c(c1)C(NCCc1ncn[nH]1)CCC2. The van der Waals surface area contributed by atoms with E-state index in [1.165, 1.54) is 30.4 Å². The van der Waals surface area contributed by atoms with Gasteiger partial charge in [0.25, 0.3) is 0 Å². The molecule has 0 saturated carbocycles. The van der Waals surface area contributed by atoms with E-state index in [1.54, 1.807) is 13.4 Å². The van der Waals surface area contributed by atoms with Crippen LogP contribution in [0, 0.1) is 0 Å². The molecule has 0 spiro atoms. The Morgan fingerprint density at radius 1 is 1.45 bits per heavy atom. The van der Waals surface area contributed by atoms with E-state index in [2.05, 4.69) is 38.7 Å². The van der Waals surface area contributed by atoms with Crippen molar-refractivity contribution in [2.75, 3.05) is 13.7 Å². The second kappa shape index (κ2) is 6.05. The maximum Gasteiger partial charge on any atom is 0.137 e. The Hall–Kier alpha value is -1.88. The predicted octanol–water partition coefficient (Wildman–Crippen LogP) is 2.02. The molecule has 1 atom stereocenters. The van der Waals surface area contributed by atoms with Gasteiger partial charge in [0.15, 0.2) is 0 Å². The Morgan fingerprint density at radius 2 is 2.40 bits per heavy atom. The van der Waals surface area contributed by atoms with Gasteiger partial charge in [-0.1, -0.05) is 6.07 Å². The van der Waals surface area contributed by atoms with Crippen LogP contribution in [0.25, 0.3) is 0 Å². The third-order valence-corrected chi connectivity index (χ3v) is 3.88. The van der Waals surface area contributed by atoms with Crippen LogP contribution < -0.4 is 10.1 Å². The Labute approximate surface area is 118 Å². The van der Waals surface area contributed by atoms with Gasteiger partial charge in [0, 0.05) is 19.0 Å². The van der Waals surface area contributed by atoms with Crippen molar-refractivity contribution in [3.05, 3.63) is 41.5 Å². The number of methoxy groups -OCH3 is 1. The van der Waals surface area contributed by atoms with E-state index in [4.69, 9.17) is 4.74 Å². The van der Waals surface area contributed by atoms with Gasteiger partial charge < -0.3 is 10.1 Å². The van der Waals surface area contributed by atoms with Gasteiger partial charge in [-0.3, -0.25) is 5.10 Å². The van der Waals surface area contributed by atoms with E-state index in [9.17, 15) is 0 Å². The summed E-state index contributed by atoms with van der Waals surface area (Å²) in [7, 11) is 1.72. The molecule has 1 aromatic heterocycles. The van der Waals surface area contributed by atoms with Gasteiger partial charge in [-0.15, -0.1) is 0 Å². The van der Waals surface area contributed by atoms with Crippen LogP contribution in [0.2, 0.25) is 0 Å². The zero-order valence-corrected chi connectivity index (χ0v) is 11.7. The standard InChI is InChI=1S/C15H20N4O/c1-20-12-6-5-11-3-2-4-14(13(11)9-12)16-8-7-15-17-10-18-19-15/h5-6,9-10,14,16H,2-4,7-8H2,1H3,(H,17,18,19). The van der Waals surface area contributed by atoms with Crippen molar-refractivity contribution >= 4 is 0 Å². The highest BCUT2D eigenvalue weighted by molar-refractivity contribution is 5.39. The number of ether oxygens (including phenoxy) is 1. The lowest BCUT2D eigenvalue weighted by atomic mass is 9.87. The molecule has 1 heterocycles. The smallest absolute Gasteiger partial charge is 0.137 e. The lowest BCUT2D eigenvalue weighted by molar-refractivity contribution is 0.409. The molecule has 0 fully saturated rings. The number of benzene rings is 1. The molecule has 0 aliphatic heterocycles. The van der Waals surface area contributed by atoms with E-state index in [-0.39, 0.29) is 0 Å². The van der Waals surface area contributed by atoms with Gasteiger partial charge in [-0.25, -0.2) is 4.98 Å². The zero-order valence-electron chi connectivity index (χ0n) is 11.7. The minimum atomic E-state index is 0.414. The maximum absolute atomic E-state index is 5.34. The third-order valence-electron chi connectivity index (χ3n) is 3.88. The predicted molar refractivity (Wildman–Crippen MR) is 76.8 cm³/mol. The molecule has 2 aromatic rings. The number of nitrogens with zero attached hydrogens (tertiary/aromatic N) is 2. The van der Waals surface area contributed by atoms with Crippen LogP contribution in [0.4, 0.5) is 0 Å². The van der Waals surface area contributed by atoms with Crippen LogP contribution in [-0.2, 0) is 12.8 Å². The summed E-state index contributed by atoms with van der Waals surface area (Å²) in [6, 6.07) is 6.83. The van der Waals surface area contributed by atoms with Gasteiger partial charge in [-0.2, -0.15) is 5.10 Å². The highest BCUT2D eigenvalue weighted by Gasteiger charge is 2.20. The number of H-pyrrole nitrogens is 1. The summed E-state index contributed by atoms with van der Waals surface area (Å²) in [5.41, 5.74) is 2.82. The molecule has 0 saturated heterocycles. The lowest BCUT2D eigenvalue weighted by Gasteiger charge is -2.27. The highest BCUT2D eigenvalue weighted by atomic mass is 16.5. The number of nitrogens with one attached hydrogen (secondary N) is 2. The minimum Gasteiger partial charge on any atom is -0.497 e. The highest BCUT2D eigenvalue weighted by Crippen LogP contribution is 2.32. The molecule has 1 unspecified atom stereocenters. The lowest BCUT2D eigenvalue weighted by Crippen LogP contribution is -2.27. The molecule has 1 aromatic carbocycles. The number of hydrogen-bond acceptors (Lipinski definition) is 4. The molecule has 0 radical (unpaired) electrons. The first-order valence-corrected chi connectivity index (χ1v) is 7.11. The summed E-state index contributed by atoms with van der Waals surface area (Å²) in [6.45, 7) is 0.899. The fraction of sp³-hybridized carbons (Fsp3) is 0.467. The molecule has 2 N–H and O–H groups in total. The first-order chi connectivity index (χ1) is 9.86. The maximum atomic E-state index is 5.34. The van der Waals surface area contributed by atoms with Crippen molar-refractivity contribution in [2.24, 2.45) is 0 Å². The number of hydrogen-bond donors (Lipinski definition) is 2. The summed E-state index contributed by atoms with van der Waals surface area (Å²) in [5, 5.41) is 10.4. The molecular formula is C15H20N4O. The van der Waals surface area contributed by atoms with Crippen molar-refractivity contribution in [1.82, 2.24) is 20.5 Å². The van der Waals surface area contributed by atoms with Gasteiger partial charge in [0.1, 0.15) is 17.9 Å². The van der Waals surface area contributed by atoms with Gasteiger partial charge in [0.05, 0.1) is 7.11 Å². The number of fused-ring (bicyclic) bond motifs is 1. The number of aromatic amines is 1. The Balaban J connectivity index is 1.66. The summed E-state index contributed by atoms with van der Waals surface area (Å²) in [6.07, 6.45) is 6.00. The summed E-state index contributed by atoms with van der Waals surface area (Å²) in [4.78, 5) is 4.14. The molecule has 0 bridgehead atoms. The van der Waals surface area contributed by atoms with Crippen LogP contribution in [-0.4, -0.2) is 28.8 Å². The molecule has 20 heavy (non-hydrogen) atoms. The Bertz CT molecular complexity index is 553. The molecular weight excluding hydrogens is 252 g/mol. The molecule has 1 aliphatic carbocycles. The fourth-order valence-corrected chi connectivity index (χ4v) is 2.83. The van der Waals surface area contributed by atoms with Gasteiger partial charge >= 0.3 is 0 Å². The van der Waals surface area contributed by atoms with Crippen LogP contribution in [0.15, 0.2) is 24.5 Å².